The van der Waals surface area contributed by atoms with E-state index in [0.717, 1.165) is 49.9 Å². The Balaban J connectivity index is 1.56. The van der Waals surface area contributed by atoms with Crippen molar-refractivity contribution in [2.75, 3.05) is 0 Å². The number of halogens is 1. The number of carbonyl (C=O) groups excluding carboxylic acids is 1. The van der Waals surface area contributed by atoms with Gasteiger partial charge in [0.1, 0.15) is 11.6 Å². The van der Waals surface area contributed by atoms with Gasteiger partial charge in [-0.25, -0.2) is 19.3 Å². The van der Waals surface area contributed by atoms with E-state index in [0.29, 0.717) is 28.1 Å². The fourth-order valence-corrected chi connectivity index (χ4v) is 3.89. The van der Waals surface area contributed by atoms with Gasteiger partial charge in [0.05, 0.1) is 16.8 Å². The molecule has 2 aliphatic carbocycles. The second-order valence-electron chi connectivity index (χ2n) is 7.78. The SMILES string of the molecule is O=C(NC1CCCC1)c1cc(-c2cnc(C3CC3)nc2)nc2ccc(F)cc12. The molecule has 1 amide bonds. The summed E-state index contributed by atoms with van der Waals surface area (Å²) in [5.74, 6) is 0.788. The molecular formula is C22H21FN4O. The minimum atomic E-state index is -0.380. The molecule has 3 aromatic rings. The second-order valence-corrected chi connectivity index (χ2v) is 7.78. The average Bonchev–Trinajstić information content (AvgIpc) is 3.44. The van der Waals surface area contributed by atoms with E-state index in [4.69, 9.17) is 0 Å². The molecule has 2 fully saturated rings. The summed E-state index contributed by atoms with van der Waals surface area (Å²) in [5.41, 5.74) is 2.41. The van der Waals surface area contributed by atoms with Crippen molar-refractivity contribution in [2.24, 2.45) is 0 Å². The standard InChI is InChI=1S/C22H21FN4O/c23-15-7-8-19-17(9-15)18(22(28)26-16-3-1-2-4-16)10-20(27-19)14-11-24-21(25-12-14)13-5-6-13/h7-13,16H,1-6H2,(H,26,28). The third-order valence-corrected chi connectivity index (χ3v) is 5.62. The van der Waals surface area contributed by atoms with Gasteiger partial charge in [0.15, 0.2) is 0 Å². The predicted molar refractivity (Wildman–Crippen MR) is 104 cm³/mol. The molecule has 6 heteroatoms. The number of pyridine rings is 1. The minimum Gasteiger partial charge on any atom is -0.349 e. The maximum atomic E-state index is 13.9. The molecule has 2 saturated carbocycles. The Morgan fingerprint density at radius 2 is 1.79 bits per heavy atom. The lowest BCUT2D eigenvalue weighted by Crippen LogP contribution is -2.32. The van der Waals surface area contributed by atoms with E-state index in [1.807, 2.05) is 0 Å². The number of rotatable bonds is 4. The highest BCUT2D eigenvalue weighted by atomic mass is 19.1. The zero-order chi connectivity index (χ0) is 19.1. The fourth-order valence-electron chi connectivity index (χ4n) is 3.89. The first kappa shape index (κ1) is 17.2. The van der Waals surface area contributed by atoms with Crippen LogP contribution in [0.3, 0.4) is 0 Å². The zero-order valence-electron chi connectivity index (χ0n) is 15.5. The van der Waals surface area contributed by atoms with Gasteiger partial charge in [0, 0.05) is 35.3 Å². The summed E-state index contributed by atoms with van der Waals surface area (Å²) < 4.78 is 13.9. The van der Waals surface area contributed by atoms with E-state index in [2.05, 4.69) is 20.3 Å². The molecule has 2 aliphatic rings. The minimum absolute atomic E-state index is 0.179. The average molecular weight is 376 g/mol. The molecule has 0 saturated heterocycles. The van der Waals surface area contributed by atoms with Gasteiger partial charge >= 0.3 is 0 Å². The number of hydrogen-bond acceptors (Lipinski definition) is 4. The lowest BCUT2D eigenvalue weighted by atomic mass is 10.0. The van der Waals surface area contributed by atoms with Crippen molar-refractivity contribution in [2.45, 2.75) is 50.5 Å². The lowest BCUT2D eigenvalue weighted by Gasteiger charge is -2.14. The summed E-state index contributed by atoms with van der Waals surface area (Å²) in [6.07, 6.45) is 10.1. The van der Waals surface area contributed by atoms with Crippen molar-refractivity contribution in [3.63, 3.8) is 0 Å². The zero-order valence-corrected chi connectivity index (χ0v) is 15.5. The first-order chi connectivity index (χ1) is 13.7. The van der Waals surface area contributed by atoms with Gasteiger partial charge in [-0.05, 0) is 49.9 Å². The highest BCUT2D eigenvalue weighted by Crippen LogP contribution is 2.38. The van der Waals surface area contributed by atoms with E-state index in [1.54, 1.807) is 24.5 Å². The Kier molecular flexibility index (Phi) is 4.26. The number of fused-ring (bicyclic) bond motifs is 1. The third-order valence-electron chi connectivity index (χ3n) is 5.62. The van der Waals surface area contributed by atoms with Gasteiger partial charge in [-0.1, -0.05) is 12.8 Å². The van der Waals surface area contributed by atoms with Gasteiger partial charge in [0.25, 0.3) is 5.91 Å². The molecule has 142 valence electrons. The molecule has 0 aliphatic heterocycles. The summed E-state index contributed by atoms with van der Waals surface area (Å²) in [6, 6.07) is 6.27. The van der Waals surface area contributed by atoms with E-state index in [-0.39, 0.29) is 17.8 Å². The monoisotopic (exact) mass is 376 g/mol. The molecule has 0 atom stereocenters. The van der Waals surface area contributed by atoms with E-state index in [9.17, 15) is 9.18 Å². The quantitative estimate of drug-likeness (QED) is 0.734. The van der Waals surface area contributed by atoms with Crippen LogP contribution in [0.5, 0.6) is 0 Å². The second kappa shape index (κ2) is 6.93. The molecule has 0 radical (unpaired) electrons. The van der Waals surface area contributed by atoms with Crippen LogP contribution in [0.2, 0.25) is 0 Å². The summed E-state index contributed by atoms with van der Waals surface area (Å²) >= 11 is 0. The maximum absolute atomic E-state index is 13.9. The smallest absolute Gasteiger partial charge is 0.252 e. The van der Waals surface area contributed by atoms with Gasteiger partial charge in [-0.2, -0.15) is 0 Å². The summed E-state index contributed by atoms with van der Waals surface area (Å²) in [5, 5.41) is 3.62. The summed E-state index contributed by atoms with van der Waals surface area (Å²) in [6.45, 7) is 0. The number of nitrogens with one attached hydrogen (secondary N) is 1. The first-order valence-electron chi connectivity index (χ1n) is 9.91. The van der Waals surface area contributed by atoms with E-state index < -0.39 is 0 Å². The molecule has 28 heavy (non-hydrogen) atoms. The Hall–Kier alpha value is -2.89. The topological polar surface area (TPSA) is 67.8 Å². The van der Waals surface area contributed by atoms with Crippen LogP contribution in [0.4, 0.5) is 4.39 Å². The van der Waals surface area contributed by atoms with Gasteiger partial charge in [-0.15, -0.1) is 0 Å². The highest BCUT2D eigenvalue weighted by molar-refractivity contribution is 6.07. The number of hydrogen-bond donors (Lipinski definition) is 1. The van der Waals surface area contributed by atoms with Crippen LogP contribution in [0.15, 0.2) is 36.7 Å². The molecule has 2 aromatic heterocycles. The highest BCUT2D eigenvalue weighted by Gasteiger charge is 2.26. The third kappa shape index (κ3) is 3.35. The van der Waals surface area contributed by atoms with Crippen LogP contribution in [-0.2, 0) is 0 Å². The summed E-state index contributed by atoms with van der Waals surface area (Å²) in [7, 11) is 0. The van der Waals surface area contributed by atoms with Gasteiger partial charge in [-0.3, -0.25) is 4.79 Å². The lowest BCUT2D eigenvalue weighted by molar-refractivity contribution is 0.0939. The van der Waals surface area contributed by atoms with Crippen molar-refractivity contribution >= 4 is 16.8 Å². The van der Waals surface area contributed by atoms with Crippen molar-refractivity contribution in [1.29, 1.82) is 0 Å². The van der Waals surface area contributed by atoms with Gasteiger partial charge < -0.3 is 5.32 Å². The van der Waals surface area contributed by atoms with Crippen LogP contribution in [0.25, 0.3) is 22.2 Å². The van der Waals surface area contributed by atoms with Crippen molar-refractivity contribution in [3.8, 4) is 11.3 Å². The van der Waals surface area contributed by atoms with Crippen molar-refractivity contribution in [3.05, 3.63) is 53.9 Å². The van der Waals surface area contributed by atoms with Gasteiger partial charge in [0.2, 0.25) is 0 Å². The molecule has 1 aromatic carbocycles. The Morgan fingerprint density at radius 3 is 2.50 bits per heavy atom. The van der Waals surface area contributed by atoms with Crippen molar-refractivity contribution in [1.82, 2.24) is 20.3 Å². The summed E-state index contributed by atoms with van der Waals surface area (Å²) in [4.78, 5) is 26.5. The van der Waals surface area contributed by atoms with Crippen LogP contribution in [-0.4, -0.2) is 26.9 Å². The van der Waals surface area contributed by atoms with Crippen LogP contribution < -0.4 is 5.32 Å². The van der Waals surface area contributed by atoms with Crippen molar-refractivity contribution < 1.29 is 9.18 Å². The van der Waals surface area contributed by atoms with Crippen LogP contribution >= 0.6 is 0 Å². The predicted octanol–water partition coefficient (Wildman–Crippen LogP) is 4.38. The number of nitrogens with zero attached hydrogens (tertiary/aromatic N) is 3. The Labute approximate surface area is 162 Å². The first-order valence-corrected chi connectivity index (χ1v) is 9.91. The maximum Gasteiger partial charge on any atom is 0.252 e. The molecule has 0 unspecified atom stereocenters. The molecule has 0 spiro atoms. The molecule has 5 rings (SSSR count). The number of aromatic nitrogens is 3. The fraction of sp³-hybridized carbons (Fsp3) is 0.364. The molecule has 1 N–H and O–H groups in total. The molecule has 5 nitrogen and oxygen atoms in total. The number of benzene rings is 1. The largest absolute Gasteiger partial charge is 0.349 e. The van der Waals surface area contributed by atoms with Crippen LogP contribution in [0.1, 0.15) is 60.6 Å². The number of carbonyl (C=O) groups is 1. The molecular weight excluding hydrogens is 355 g/mol. The Bertz CT molecular complexity index is 1040. The van der Waals surface area contributed by atoms with Crippen LogP contribution in [0, 0.1) is 5.82 Å². The van der Waals surface area contributed by atoms with E-state index >= 15 is 0 Å². The van der Waals surface area contributed by atoms with E-state index in [1.165, 1.54) is 12.1 Å². The molecule has 2 heterocycles. The Morgan fingerprint density at radius 1 is 1.04 bits per heavy atom. The molecule has 0 bridgehead atoms. The normalized spacial score (nSPS) is 17.2. The number of amides is 1.